The summed E-state index contributed by atoms with van der Waals surface area (Å²) in [6, 6.07) is 6.08. The van der Waals surface area contributed by atoms with Crippen LogP contribution in [-0.2, 0) is 12.4 Å². The number of rotatable bonds is 5. The molecule has 1 aliphatic carbocycles. The molecular formula is C16H21ClN2O. The first-order chi connectivity index (χ1) is 9.83. The summed E-state index contributed by atoms with van der Waals surface area (Å²) in [6.45, 7) is 1.01. The van der Waals surface area contributed by atoms with Gasteiger partial charge in [0.05, 0.1) is 18.5 Å². The maximum absolute atomic E-state index is 6.07. The second-order valence-corrected chi connectivity index (χ2v) is 5.85. The van der Waals surface area contributed by atoms with E-state index >= 15 is 0 Å². The minimum atomic E-state index is 0.447. The van der Waals surface area contributed by atoms with Crippen molar-refractivity contribution < 1.29 is 4.74 Å². The van der Waals surface area contributed by atoms with Crippen LogP contribution in [-0.4, -0.2) is 16.7 Å². The Morgan fingerprint density at radius 2 is 2.15 bits per heavy atom. The number of ether oxygens (including phenoxy) is 1. The van der Waals surface area contributed by atoms with Gasteiger partial charge in [-0.15, -0.1) is 11.6 Å². The van der Waals surface area contributed by atoms with Crippen LogP contribution in [0.2, 0.25) is 0 Å². The fourth-order valence-electron chi connectivity index (χ4n) is 3.30. The number of alkyl halides is 1. The molecule has 1 saturated carbocycles. The van der Waals surface area contributed by atoms with E-state index in [1.165, 1.54) is 32.1 Å². The standard InChI is InChI=1S/C16H21ClN2O/c1-20-14-8-4-7-13-16(14)18-15(11-17)19(13)10-9-12-5-2-3-6-12/h4,7-8,12H,2-3,5-6,9-11H2,1H3. The number of fused-ring (bicyclic) bond motifs is 1. The number of hydrogen-bond donors (Lipinski definition) is 0. The minimum absolute atomic E-state index is 0.447. The minimum Gasteiger partial charge on any atom is -0.494 e. The highest BCUT2D eigenvalue weighted by Crippen LogP contribution is 2.30. The Labute approximate surface area is 124 Å². The van der Waals surface area contributed by atoms with Crippen LogP contribution in [0.3, 0.4) is 0 Å². The highest BCUT2D eigenvalue weighted by molar-refractivity contribution is 6.16. The van der Waals surface area contributed by atoms with Gasteiger partial charge in [-0.2, -0.15) is 0 Å². The van der Waals surface area contributed by atoms with Gasteiger partial charge < -0.3 is 9.30 Å². The Balaban J connectivity index is 1.91. The number of aromatic nitrogens is 2. The lowest BCUT2D eigenvalue weighted by Gasteiger charge is -2.12. The summed E-state index contributed by atoms with van der Waals surface area (Å²) < 4.78 is 7.67. The Kier molecular flexibility index (Phi) is 4.16. The predicted octanol–water partition coefficient (Wildman–Crippen LogP) is 4.36. The number of hydrogen-bond acceptors (Lipinski definition) is 2. The molecule has 108 valence electrons. The third kappa shape index (κ3) is 2.51. The van der Waals surface area contributed by atoms with Crippen molar-refractivity contribution in [1.29, 1.82) is 0 Å². The van der Waals surface area contributed by atoms with E-state index in [0.717, 1.165) is 35.1 Å². The molecule has 20 heavy (non-hydrogen) atoms. The summed E-state index contributed by atoms with van der Waals surface area (Å²) in [5, 5.41) is 0. The van der Waals surface area contributed by atoms with E-state index < -0.39 is 0 Å². The van der Waals surface area contributed by atoms with Gasteiger partial charge in [-0.05, 0) is 24.5 Å². The summed E-state index contributed by atoms with van der Waals surface area (Å²) >= 11 is 6.07. The fraction of sp³-hybridized carbons (Fsp3) is 0.562. The number of nitrogens with zero attached hydrogens (tertiary/aromatic N) is 2. The van der Waals surface area contributed by atoms with Crippen molar-refractivity contribution in [3.8, 4) is 5.75 Å². The van der Waals surface area contributed by atoms with Crippen LogP contribution >= 0.6 is 11.6 Å². The summed E-state index contributed by atoms with van der Waals surface area (Å²) in [7, 11) is 1.69. The molecule has 1 aromatic carbocycles. The van der Waals surface area contributed by atoms with Crippen LogP contribution in [0, 0.1) is 5.92 Å². The fourth-order valence-corrected chi connectivity index (χ4v) is 3.50. The second kappa shape index (κ2) is 6.04. The average molecular weight is 293 g/mol. The van der Waals surface area contributed by atoms with E-state index in [4.69, 9.17) is 16.3 Å². The molecule has 0 bridgehead atoms. The number of aryl methyl sites for hydroxylation is 1. The van der Waals surface area contributed by atoms with Gasteiger partial charge in [-0.25, -0.2) is 4.98 Å². The molecular weight excluding hydrogens is 272 g/mol. The monoisotopic (exact) mass is 292 g/mol. The van der Waals surface area contributed by atoms with Crippen molar-refractivity contribution in [3.05, 3.63) is 24.0 Å². The van der Waals surface area contributed by atoms with Gasteiger partial charge in [0.1, 0.15) is 17.1 Å². The summed E-state index contributed by atoms with van der Waals surface area (Å²) in [5.74, 6) is 3.10. The Hall–Kier alpha value is -1.22. The molecule has 1 fully saturated rings. The molecule has 0 radical (unpaired) electrons. The maximum Gasteiger partial charge on any atom is 0.146 e. The first kappa shape index (κ1) is 13.7. The van der Waals surface area contributed by atoms with E-state index in [1.54, 1.807) is 7.11 Å². The zero-order valence-electron chi connectivity index (χ0n) is 11.9. The predicted molar refractivity (Wildman–Crippen MR) is 82.4 cm³/mol. The quantitative estimate of drug-likeness (QED) is 0.766. The molecule has 0 N–H and O–H groups in total. The van der Waals surface area contributed by atoms with Crippen molar-refractivity contribution >= 4 is 22.6 Å². The first-order valence-electron chi connectivity index (χ1n) is 7.41. The Morgan fingerprint density at radius 3 is 2.85 bits per heavy atom. The molecule has 0 saturated heterocycles. The lowest BCUT2D eigenvalue weighted by Crippen LogP contribution is -2.06. The summed E-state index contributed by atoms with van der Waals surface area (Å²) in [6.07, 6.45) is 6.78. The van der Waals surface area contributed by atoms with E-state index in [2.05, 4.69) is 15.6 Å². The van der Waals surface area contributed by atoms with Gasteiger partial charge in [0.15, 0.2) is 0 Å². The molecule has 0 amide bonds. The molecule has 1 heterocycles. The van der Waals surface area contributed by atoms with Crippen LogP contribution in [0.4, 0.5) is 0 Å². The van der Waals surface area contributed by atoms with Crippen molar-refractivity contribution in [2.24, 2.45) is 5.92 Å². The lowest BCUT2D eigenvalue weighted by atomic mass is 10.0. The number of imidazole rings is 1. The van der Waals surface area contributed by atoms with Gasteiger partial charge >= 0.3 is 0 Å². The SMILES string of the molecule is COc1cccc2c1nc(CCl)n2CCC1CCCC1. The molecule has 0 unspecified atom stereocenters. The van der Waals surface area contributed by atoms with Crippen molar-refractivity contribution in [2.45, 2.75) is 44.5 Å². The third-order valence-corrected chi connectivity index (χ3v) is 4.64. The zero-order valence-corrected chi connectivity index (χ0v) is 12.7. The molecule has 0 aliphatic heterocycles. The second-order valence-electron chi connectivity index (χ2n) is 5.58. The van der Waals surface area contributed by atoms with E-state index in [0.29, 0.717) is 5.88 Å². The van der Waals surface area contributed by atoms with Crippen LogP contribution in [0.25, 0.3) is 11.0 Å². The van der Waals surface area contributed by atoms with Gasteiger partial charge in [0.25, 0.3) is 0 Å². The molecule has 2 aromatic rings. The normalized spacial score (nSPS) is 16.1. The van der Waals surface area contributed by atoms with E-state index in [9.17, 15) is 0 Å². The van der Waals surface area contributed by atoms with Crippen molar-refractivity contribution in [1.82, 2.24) is 9.55 Å². The molecule has 3 nitrogen and oxygen atoms in total. The highest BCUT2D eigenvalue weighted by Gasteiger charge is 2.17. The van der Waals surface area contributed by atoms with Crippen molar-refractivity contribution in [2.75, 3.05) is 7.11 Å². The van der Waals surface area contributed by atoms with Crippen LogP contribution in [0.1, 0.15) is 37.9 Å². The number of halogens is 1. The molecule has 4 heteroatoms. The van der Waals surface area contributed by atoms with Crippen LogP contribution in [0.15, 0.2) is 18.2 Å². The molecule has 1 aliphatic rings. The average Bonchev–Trinajstić information content (AvgIpc) is 3.11. The molecule has 3 rings (SSSR count). The molecule has 1 aromatic heterocycles. The maximum atomic E-state index is 6.07. The van der Waals surface area contributed by atoms with Crippen molar-refractivity contribution in [3.63, 3.8) is 0 Å². The first-order valence-corrected chi connectivity index (χ1v) is 7.95. The van der Waals surface area contributed by atoms with Crippen LogP contribution in [0.5, 0.6) is 5.75 Å². The van der Waals surface area contributed by atoms with Gasteiger partial charge in [0.2, 0.25) is 0 Å². The Bertz CT molecular complexity index is 587. The Morgan fingerprint density at radius 1 is 1.35 bits per heavy atom. The third-order valence-electron chi connectivity index (χ3n) is 4.40. The smallest absolute Gasteiger partial charge is 0.146 e. The highest BCUT2D eigenvalue weighted by atomic mass is 35.5. The number of para-hydroxylation sites is 1. The number of methoxy groups -OCH3 is 1. The van der Waals surface area contributed by atoms with E-state index in [1.807, 2.05) is 12.1 Å². The summed E-state index contributed by atoms with van der Waals surface area (Å²) in [5.41, 5.74) is 2.06. The van der Waals surface area contributed by atoms with Crippen LogP contribution < -0.4 is 4.74 Å². The van der Waals surface area contributed by atoms with E-state index in [-0.39, 0.29) is 0 Å². The summed E-state index contributed by atoms with van der Waals surface area (Å²) in [4.78, 5) is 4.65. The largest absolute Gasteiger partial charge is 0.494 e. The molecule has 0 spiro atoms. The lowest BCUT2D eigenvalue weighted by molar-refractivity contribution is 0.419. The number of benzene rings is 1. The van der Waals surface area contributed by atoms with Gasteiger partial charge in [-0.1, -0.05) is 31.7 Å². The van der Waals surface area contributed by atoms with Gasteiger partial charge in [-0.3, -0.25) is 0 Å². The molecule has 0 atom stereocenters. The topological polar surface area (TPSA) is 27.1 Å². The zero-order chi connectivity index (χ0) is 13.9. The van der Waals surface area contributed by atoms with Gasteiger partial charge in [0, 0.05) is 6.54 Å².